The molecule has 5 heteroatoms. The van der Waals surface area contributed by atoms with Crippen LogP contribution in [-0.2, 0) is 9.53 Å². The van der Waals surface area contributed by atoms with Crippen LogP contribution in [-0.4, -0.2) is 28.7 Å². The van der Waals surface area contributed by atoms with E-state index in [-0.39, 0.29) is 18.1 Å². The highest BCUT2D eigenvalue weighted by molar-refractivity contribution is 8.18. The Morgan fingerprint density at radius 3 is 2.59 bits per heavy atom. The van der Waals surface area contributed by atoms with Crippen molar-refractivity contribution < 1.29 is 9.53 Å². The molecule has 2 heterocycles. The summed E-state index contributed by atoms with van der Waals surface area (Å²) in [5.74, 6) is 0.115. The summed E-state index contributed by atoms with van der Waals surface area (Å²) >= 11 is 1.47. The number of fused-ring (bicyclic) bond motifs is 2. The molecule has 0 bridgehead atoms. The summed E-state index contributed by atoms with van der Waals surface area (Å²) in [6.45, 7) is 4.25. The van der Waals surface area contributed by atoms with Crippen molar-refractivity contribution in [2.24, 2.45) is 10.9 Å². The Hall–Kier alpha value is -2.79. The fraction of sp³-hybridized carbons (Fsp3) is 0.333. The molecule has 2 aromatic rings. The van der Waals surface area contributed by atoms with Gasteiger partial charge in [-0.25, -0.2) is 4.79 Å². The number of nitrogens with zero attached hydrogens (tertiary/aromatic N) is 2. The number of hydrogen-bond acceptors (Lipinski definition) is 5. The fourth-order valence-corrected chi connectivity index (χ4v) is 6.26. The Bertz CT molecular complexity index is 1090. The molecule has 0 aromatic heterocycles. The number of carbonyl (C=O) groups is 1. The fourth-order valence-electron chi connectivity index (χ4n) is 5.18. The second-order valence-electron chi connectivity index (χ2n) is 8.51. The Kier molecular flexibility index (Phi) is 5.92. The molecule has 5 rings (SSSR count). The molecular weight excluding hydrogens is 416 g/mol. The zero-order valence-corrected chi connectivity index (χ0v) is 19.3. The predicted molar refractivity (Wildman–Crippen MR) is 131 cm³/mol. The van der Waals surface area contributed by atoms with Crippen LogP contribution in [0.5, 0.6) is 0 Å². The number of allylic oxidation sites excluding steroid dienone is 1. The molecule has 0 N–H and O–H groups in total. The van der Waals surface area contributed by atoms with Gasteiger partial charge < -0.3 is 9.64 Å². The first kappa shape index (κ1) is 21.1. The van der Waals surface area contributed by atoms with Gasteiger partial charge in [-0.3, -0.25) is 4.99 Å². The Labute approximate surface area is 194 Å². The van der Waals surface area contributed by atoms with E-state index in [2.05, 4.69) is 71.6 Å². The molecule has 164 valence electrons. The lowest BCUT2D eigenvalue weighted by molar-refractivity contribution is -0.137. The van der Waals surface area contributed by atoms with Crippen LogP contribution in [0.3, 0.4) is 0 Å². The van der Waals surface area contributed by atoms with Crippen LogP contribution in [0, 0.1) is 5.92 Å². The zero-order chi connectivity index (χ0) is 22.1. The highest BCUT2D eigenvalue weighted by Gasteiger charge is 2.47. The number of hydrogen-bond donors (Lipinski definition) is 0. The zero-order valence-electron chi connectivity index (χ0n) is 18.5. The maximum atomic E-state index is 12.7. The molecule has 2 aromatic carbocycles. The monoisotopic (exact) mass is 444 g/mol. The van der Waals surface area contributed by atoms with Crippen LogP contribution < -0.4 is 0 Å². The van der Waals surface area contributed by atoms with Crippen molar-refractivity contribution in [2.45, 2.75) is 45.2 Å². The van der Waals surface area contributed by atoms with Crippen molar-refractivity contribution in [1.82, 2.24) is 4.90 Å². The van der Waals surface area contributed by atoms with E-state index in [1.807, 2.05) is 13.8 Å². The molecule has 2 aliphatic heterocycles. The van der Waals surface area contributed by atoms with Gasteiger partial charge in [-0.15, -0.1) is 0 Å². The normalized spacial score (nSPS) is 25.9. The highest BCUT2D eigenvalue weighted by Crippen LogP contribution is 2.52. The Morgan fingerprint density at radius 2 is 1.88 bits per heavy atom. The maximum absolute atomic E-state index is 12.7. The first-order valence-electron chi connectivity index (χ1n) is 11.4. The molecule has 0 unspecified atom stereocenters. The second-order valence-corrected chi connectivity index (χ2v) is 9.48. The number of carbonyl (C=O) groups excluding carboxylic acids is 1. The molecule has 1 fully saturated rings. The van der Waals surface area contributed by atoms with E-state index in [1.165, 1.54) is 28.5 Å². The van der Waals surface area contributed by atoms with Gasteiger partial charge in [0, 0.05) is 11.6 Å². The van der Waals surface area contributed by atoms with Gasteiger partial charge >= 0.3 is 5.97 Å². The molecule has 4 nitrogen and oxygen atoms in total. The Morgan fingerprint density at radius 1 is 1.16 bits per heavy atom. The summed E-state index contributed by atoms with van der Waals surface area (Å²) in [6.07, 6.45) is 5.67. The molecule has 0 radical (unpaired) electrons. The average molecular weight is 445 g/mol. The highest BCUT2D eigenvalue weighted by atomic mass is 32.2. The van der Waals surface area contributed by atoms with Crippen LogP contribution in [0.15, 0.2) is 81.8 Å². The van der Waals surface area contributed by atoms with Gasteiger partial charge in [-0.1, -0.05) is 66.7 Å². The Balaban J connectivity index is 1.60. The number of rotatable bonds is 4. The molecular formula is C27H28N2O2S. The van der Waals surface area contributed by atoms with Crippen molar-refractivity contribution in [3.05, 3.63) is 88.0 Å². The summed E-state index contributed by atoms with van der Waals surface area (Å²) in [5.41, 5.74) is 4.85. The number of aliphatic imine (C=N–C) groups is 1. The van der Waals surface area contributed by atoms with Crippen LogP contribution in [0.1, 0.15) is 50.3 Å². The molecule has 3 aliphatic rings. The summed E-state index contributed by atoms with van der Waals surface area (Å²) in [7, 11) is 0. The molecule has 32 heavy (non-hydrogen) atoms. The quantitative estimate of drug-likeness (QED) is 0.527. The predicted octanol–water partition coefficient (Wildman–Crippen LogP) is 6.19. The van der Waals surface area contributed by atoms with Gasteiger partial charge in [0.25, 0.3) is 0 Å². The van der Waals surface area contributed by atoms with Crippen LogP contribution in [0.2, 0.25) is 0 Å². The topological polar surface area (TPSA) is 41.9 Å². The number of thioether (sulfide) groups is 1. The lowest BCUT2D eigenvalue weighted by Crippen LogP contribution is -2.45. The lowest BCUT2D eigenvalue weighted by Gasteiger charge is -2.46. The summed E-state index contributed by atoms with van der Waals surface area (Å²) in [5, 5.41) is 0.918. The average Bonchev–Trinajstić information content (AvgIpc) is 3.15. The van der Waals surface area contributed by atoms with Crippen molar-refractivity contribution in [2.75, 3.05) is 6.61 Å². The van der Waals surface area contributed by atoms with Crippen LogP contribution in [0.4, 0.5) is 0 Å². The van der Waals surface area contributed by atoms with E-state index < -0.39 is 0 Å². The standard InChI is InChI=1S/C27H28N2O2S/c1-3-31-26(30)25-18(2)29-24(20-13-8-5-9-14-20)22-16-10-15-21(23(22)28-27(29)32-25)17-19-11-6-4-7-12-19/h4-9,11-14,17,22-24H,3,10,15-16H2,1-2H3/b21-17-/t22-,23-,24-/m1/s1. The maximum Gasteiger partial charge on any atom is 0.346 e. The van der Waals surface area contributed by atoms with Gasteiger partial charge in [0.2, 0.25) is 0 Å². The second kappa shape index (κ2) is 8.99. The minimum absolute atomic E-state index is 0.127. The number of amidine groups is 1. The minimum Gasteiger partial charge on any atom is -0.462 e. The molecule has 0 saturated heterocycles. The smallest absolute Gasteiger partial charge is 0.346 e. The molecule has 0 amide bonds. The van der Waals surface area contributed by atoms with E-state index in [1.54, 1.807) is 0 Å². The number of esters is 1. The lowest BCUT2D eigenvalue weighted by atomic mass is 9.73. The summed E-state index contributed by atoms with van der Waals surface area (Å²) < 4.78 is 5.35. The first-order chi connectivity index (χ1) is 15.7. The van der Waals surface area contributed by atoms with Crippen molar-refractivity contribution in [3.8, 4) is 0 Å². The third kappa shape index (κ3) is 3.79. The summed E-state index contributed by atoms with van der Waals surface area (Å²) in [6, 6.07) is 21.5. The van der Waals surface area contributed by atoms with Crippen LogP contribution in [0.25, 0.3) is 6.08 Å². The SMILES string of the molecule is CCOC(=O)C1=C(C)N2C(=N[C@@H]3/C(=C\c4ccccc4)CCC[C@H]3[C@H]2c2ccccc2)S1. The van der Waals surface area contributed by atoms with E-state index in [0.29, 0.717) is 17.4 Å². The van der Waals surface area contributed by atoms with Crippen molar-refractivity contribution in [3.63, 3.8) is 0 Å². The van der Waals surface area contributed by atoms with Crippen LogP contribution >= 0.6 is 11.8 Å². The summed E-state index contributed by atoms with van der Waals surface area (Å²) in [4.78, 5) is 20.9. The van der Waals surface area contributed by atoms with Gasteiger partial charge in [-0.2, -0.15) is 0 Å². The largest absolute Gasteiger partial charge is 0.462 e. The van der Waals surface area contributed by atoms with Gasteiger partial charge in [-0.05, 0) is 61.6 Å². The van der Waals surface area contributed by atoms with Gasteiger partial charge in [0.15, 0.2) is 5.17 Å². The number of benzene rings is 2. The van der Waals surface area contributed by atoms with Crippen molar-refractivity contribution >= 4 is 29.0 Å². The molecule has 1 aliphatic carbocycles. The molecule has 0 spiro atoms. The van der Waals surface area contributed by atoms with Gasteiger partial charge in [0.05, 0.1) is 18.7 Å². The van der Waals surface area contributed by atoms with Crippen molar-refractivity contribution in [1.29, 1.82) is 0 Å². The van der Waals surface area contributed by atoms with Gasteiger partial charge in [0.1, 0.15) is 4.91 Å². The third-order valence-corrected chi connectivity index (χ3v) is 7.72. The third-order valence-electron chi connectivity index (χ3n) is 6.56. The first-order valence-corrected chi connectivity index (χ1v) is 12.2. The van der Waals surface area contributed by atoms with E-state index in [9.17, 15) is 4.79 Å². The van der Waals surface area contributed by atoms with E-state index in [0.717, 1.165) is 30.1 Å². The molecule has 1 saturated carbocycles. The van der Waals surface area contributed by atoms with E-state index >= 15 is 0 Å². The van der Waals surface area contributed by atoms with E-state index in [4.69, 9.17) is 9.73 Å². The number of ether oxygens (including phenoxy) is 1. The minimum atomic E-state index is -0.248. The molecule has 3 atom stereocenters.